The first-order chi connectivity index (χ1) is 11.7. The van der Waals surface area contributed by atoms with Gasteiger partial charge in [0, 0.05) is 36.7 Å². The van der Waals surface area contributed by atoms with Gasteiger partial charge in [-0.25, -0.2) is 23.7 Å². The van der Waals surface area contributed by atoms with Crippen molar-refractivity contribution in [3.8, 4) is 0 Å². The number of hydrogen-bond acceptors (Lipinski definition) is 5. The Morgan fingerprint density at radius 2 is 1.20 bits per heavy atom. The van der Waals surface area contributed by atoms with Crippen molar-refractivity contribution in [3.05, 3.63) is 61.0 Å². The predicted molar refractivity (Wildman–Crippen MR) is 84.0 cm³/mol. The monoisotopic (exact) mass is 350 g/mol. The first-order valence-corrected chi connectivity index (χ1v) is 6.38. The van der Waals surface area contributed by atoms with Gasteiger partial charge in [-0.05, 0) is 18.2 Å². The molecule has 10 heteroatoms. The van der Waals surface area contributed by atoms with Gasteiger partial charge in [0.1, 0.15) is 0 Å². The standard InChI is InChI=1S/C7H6N2.2C4H4O4/c1-2-6-9-7(3-1)4-5-8-9;2*5-3(6)1-2-4(7)8/h1-6H;2*1-2H,(H,5,6)(H,7,8)/b;2*2-1-. The number of pyridine rings is 1. The second-order valence-corrected chi connectivity index (χ2v) is 3.92. The van der Waals surface area contributed by atoms with Crippen LogP contribution < -0.4 is 0 Å². The Morgan fingerprint density at radius 3 is 1.56 bits per heavy atom. The van der Waals surface area contributed by atoms with Crippen LogP contribution in [0.25, 0.3) is 5.52 Å². The van der Waals surface area contributed by atoms with Crippen molar-refractivity contribution in [3.63, 3.8) is 0 Å². The quantitative estimate of drug-likeness (QED) is 0.582. The number of fused-ring (bicyclic) bond motifs is 1. The van der Waals surface area contributed by atoms with Gasteiger partial charge in [0.15, 0.2) is 0 Å². The molecule has 0 amide bonds. The molecule has 0 aliphatic heterocycles. The van der Waals surface area contributed by atoms with Gasteiger partial charge in [-0.15, -0.1) is 0 Å². The van der Waals surface area contributed by atoms with Crippen molar-refractivity contribution < 1.29 is 39.6 Å². The maximum absolute atomic E-state index is 9.55. The summed E-state index contributed by atoms with van der Waals surface area (Å²) < 4.78 is 1.83. The van der Waals surface area contributed by atoms with Crippen molar-refractivity contribution >= 4 is 29.4 Å². The molecule has 0 aromatic carbocycles. The van der Waals surface area contributed by atoms with Gasteiger partial charge in [-0.2, -0.15) is 5.10 Å². The summed E-state index contributed by atoms with van der Waals surface area (Å²) in [6, 6.07) is 7.95. The van der Waals surface area contributed by atoms with E-state index in [1.165, 1.54) is 0 Å². The van der Waals surface area contributed by atoms with Crippen LogP contribution in [-0.4, -0.2) is 53.9 Å². The van der Waals surface area contributed by atoms with Gasteiger partial charge in [-0.1, -0.05) is 6.07 Å². The second-order valence-electron chi connectivity index (χ2n) is 3.92. The van der Waals surface area contributed by atoms with E-state index in [0.717, 1.165) is 5.52 Å². The number of aliphatic carboxylic acids is 4. The fraction of sp³-hybridized carbons (Fsp3) is 0. The minimum absolute atomic E-state index is 0.558. The number of nitrogens with zero attached hydrogens (tertiary/aromatic N) is 2. The van der Waals surface area contributed by atoms with Crippen LogP contribution in [0.2, 0.25) is 0 Å². The average molecular weight is 350 g/mol. The summed E-state index contributed by atoms with van der Waals surface area (Å²) in [5.41, 5.74) is 1.14. The molecule has 0 bridgehead atoms. The minimum Gasteiger partial charge on any atom is -0.478 e. The highest BCUT2D eigenvalue weighted by Crippen LogP contribution is 1.98. The first kappa shape index (κ1) is 21.0. The SMILES string of the molecule is O=C(O)/C=C\C(=O)O.O=C(O)/C=C\C(=O)O.c1ccn2nccc2c1. The fourth-order valence-electron chi connectivity index (χ4n) is 1.15. The van der Waals surface area contributed by atoms with Crippen molar-refractivity contribution in [1.82, 2.24) is 9.61 Å². The molecule has 0 radical (unpaired) electrons. The zero-order valence-corrected chi connectivity index (χ0v) is 12.6. The number of carboxylic acids is 4. The Morgan fingerprint density at radius 1 is 0.760 bits per heavy atom. The smallest absolute Gasteiger partial charge is 0.328 e. The molecule has 25 heavy (non-hydrogen) atoms. The van der Waals surface area contributed by atoms with Gasteiger partial charge in [0.25, 0.3) is 0 Å². The van der Waals surface area contributed by atoms with E-state index in [1.807, 2.05) is 35.0 Å². The molecule has 4 N–H and O–H groups in total. The Hall–Kier alpha value is -3.95. The van der Waals surface area contributed by atoms with Crippen LogP contribution in [0.1, 0.15) is 0 Å². The number of rotatable bonds is 4. The molecule has 2 aromatic rings. The van der Waals surface area contributed by atoms with Crippen molar-refractivity contribution in [2.45, 2.75) is 0 Å². The molecule has 0 atom stereocenters. The molecular formula is C15H14N2O8. The normalized spacial score (nSPS) is 9.76. The third-order valence-electron chi connectivity index (χ3n) is 2.04. The molecule has 2 rings (SSSR count). The molecule has 0 aliphatic rings. The zero-order valence-electron chi connectivity index (χ0n) is 12.6. The van der Waals surface area contributed by atoms with Gasteiger partial charge in [-0.3, -0.25) is 0 Å². The lowest BCUT2D eigenvalue weighted by atomic mass is 10.4. The second kappa shape index (κ2) is 11.6. The van der Waals surface area contributed by atoms with E-state index in [0.29, 0.717) is 24.3 Å². The third kappa shape index (κ3) is 12.3. The van der Waals surface area contributed by atoms with Crippen LogP contribution >= 0.6 is 0 Å². The van der Waals surface area contributed by atoms with Crippen molar-refractivity contribution in [2.75, 3.05) is 0 Å². The van der Waals surface area contributed by atoms with E-state index >= 15 is 0 Å². The van der Waals surface area contributed by atoms with Gasteiger partial charge >= 0.3 is 23.9 Å². The van der Waals surface area contributed by atoms with Crippen LogP contribution in [0, 0.1) is 0 Å². The van der Waals surface area contributed by atoms with Crippen LogP contribution in [0.5, 0.6) is 0 Å². The van der Waals surface area contributed by atoms with Crippen LogP contribution in [0.4, 0.5) is 0 Å². The lowest BCUT2D eigenvalue weighted by Crippen LogP contribution is -1.91. The molecule has 0 aliphatic carbocycles. The molecule has 2 heterocycles. The lowest BCUT2D eigenvalue weighted by molar-refractivity contribution is -0.134. The van der Waals surface area contributed by atoms with Crippen LogP contribution in [-0.2, 0) is 19.2 Å². The summed E-state index contributed by atoms with van der Waals surface area (Å²) >= 11 is 0. The number of hydrogen-bond donors (Lipinski definition) is 4. The average Bonchev–Trinajstić information content (AvgIpc) is 3.01. The first-order valence-electron chi connectivity index (χ1n) is 6.38. The van der Waals surface area contributed by atoms with Gasteiger partial charge in [0.2, 0.25) is 0 Å². The maximum Gasteiger partial charge on any atom is 0.328 e. The fourth-order valence-corrected chi connectivity index (χ4v) is 1.15. The van der Waals surface area contributed by atoms with E-state index < -0.39 is 23.9 Å². The number of carboxylic acid groups (broad SMARTS) is 4. The van der Waals surface area contributed by atoms with Crippen molar-refractivity contribution in [1.29, 1.82) is 0 Å². The summed E-state index contributed by atoms with van der Waals surface area (Å²) in [5.74, 6) is -5.03. The van der Waals surface area contributed by atoms with E-state index in [4.69, 9.17) is 20.4 Å². The van der Waals surface area contributed by atoms with Crippen molar-refractivity contribution in [2.24, 2.45) is 0 Å². The molecule has 10 nitrogen and oxygen atoms in total. The van der Waals surface area contributed by atoms with E-state index in [9.17, 15) is 19.2 Å². The maximum atomic E-state index is 9.55. The highest BCUT2D eigenvalue weighted by molar-refractivity contribution is 5.90. The highest BCUT2D eigenvalue weighted by atomic mass is 16.4. The van der Waals surface area contributed by atoms with Gasteiger partial charge in [0.05, 0.1) is 5.52 Å². The molecule has 0 unspecified atom stereocenters. The highest BCUT2D eigenvalue weighted by Gasteiger charge is 1.89. The lowest BCUT2D eigenvalue weighted by Gasteiger charge is -1.86. The molecule has 0 spiro atoms. The molecular weight excluding hydrogens is 336 g/mol. The largest absolute Gasteiger partial charge is 0.478 e. The zero-order chi connectivity index (χ0) is 19.2. The summed E-state index contributed by atoms with van der Waals surface area (Å²) in [7, 11) is 0. The van der Waals surface area contributed by atoms with E-state index in [1.54, 1.807) is 6.20 Å². The summed E-state index contributed by atoms with van der Waals surface area (Å²) in [5, 5.41) is 35.3. The van der Waals surface area contributed by atoms with E-state index in [2.05, 4.69) is 5.10 Å². The number of aromatic nitrogens is 2. The molecule has 0 saturated heterocycles. The van der Waals surface area contributed by atoms with Crippen LogP contribution in [0.3, 0.4) is 0 Å². The summed E-state index contributed by atoms with van der Waals surface area (Å²) in [6.07, 6.45) is 5.94. The third-order valence-corrected chi connectivity index (χ3v) is 2.04. The van der Waals surface area contributed by atoms with Crippen LogP contribution in [0.15, 0.2) is 61.0 Å². The van der Waals surface area contributed by atoms with E-state index in [-0.39, 0.29) is 0 Å². The summed E-state index contributed by atoms with van der Waals surface area (Å²) in [4.78, 5) is 38.2. The van der Waals surface area contributed by atoms with Gasteiger partial charge < -0.3 is 20.4 Å². The molecule has 2 aromatic heterocycles. The number of carbonyl (C=O) groups is 4. The summed E-state index contributed by atoms with van der Waals surface area (Å²) in [6.45, 7) is 0. The predicted octanol–water partition coefficient (Wildman–Crippen LogP) is 0.758. The Kier molecular flexibility index (Phi) is 9.76. The molecule has 0 saturated carbocycles. The Bertz CT molecular complexity index is 695. The Labute approximate surface area is 140 Å². The Balaban J connectivity index is 0.000000348. The molecule has 0 fully saturated rings. The topological polar surface area (TPSA) is 166 Å². The minimum atomic E-state index is -1.26. The molecule has 132 valence electrons.